The van der Waals surface area contributed by atoms with E-state index < -0.39 is 5.91 Å². The number of methoxy groups -OCH3 is 2. The Balaban J connectivity index is 1.71. The lowest BCUT2D eigenvalue weighted by atomic mass is 9.80. The van der Waals surface area contributed by atoms with Crippen LogP contribution in [0.5, 0.6) is 11.5 Å². The highest BCUT2D eigenvalue weighted by molar-refractivity contribution is 7.16. The number of benzene rings is 1. The van der Waals surface area contributed by atoms with Crippen LogP contribution in [0.1, 0.15) is 25.7 Å². The first-order valence-electron chi connectivity index (χ1n) is 9.24. The average Bonchev–Trinajstić information content (AvgIpc) is 3.01. The zero-order chi connectivity index (χ0) is 19.8. The number of carbonyl (C=O) groups excluding carboxylic acids is 2. The Morgan fingerprint density at radius 3 is 2.68 bits per heavy atom. The first-order valence-corrected chi connectivity index (χ1v) is 10.1. The Bertz CT molecular complexity index is 1050. The number of amides is 1. The van der Waals surface area contributed by atoms with Gasteiger partial charge in [-0.1, -0.05) is 17.8 Å². The normalized spacial score (nSPS) is 22.5. The molecule has 0 N–H and O–H groups in total. The van der Waals surface area contributed by atoms with Gasteiger partial charge in [0.05, 0.1) is 36.6 Å². The monoisotopic (exact) mass is 402 g/mol. The van der Waals surface area contributed by atoms with Crippen molar-refractivity contribution in [1.82, 2.24) is 4.57 Å². The molecule has 1 fully saturated rings. The smallest absolute Gasteiger partial charge is 0.286 e. The number of hydrogen-bond donors (Lipinski definition) is 0. The van der Waals surface area contributed by atoms with Crippen LogP contribution in [0.15, 0.2) is 29.0 Å². The molecule has 0 radical (unpaired) electrons. The first kappa shape index (κ1) is 18.7. The third-order valence-corrected chi connectivity index (χ3v) is 6.50. The van der Waals surface area contributed by atoms with Gasteiger partial charge in [-0.3, -0.25) is 9.59 Å². The molecule has 28 heavy (non-hydrogen) atoms. The summed E-state index contributed by atoms with van der Waals surface area (Å²) in [5.41, 5.74) is 0.900. The Morgan fingerprint density at radius 2 is 1.93 bits per heavy atom. The van der Waals surface area contributed by atoms with Crippen LogP contribution in [0.2, 0.25) is 0 Å². The molecule has 148 valence electrons. The highest BCUT2D eigenvalue weighted by atomic mass is 32.1. The molecule has 2 atom stereocenters. The van der Waals surface area contributed by atoms with Crippen molar-refractivity contribution in [3.63, 3.8) is 0 Å². The van der Waals surface area contributed by atoms with Crippen molar-refractivity contribution in [3.8, 4) is 11.5 Å². The van der Waals surface area contributed by atoms with Crippen LogP contribution in [0.3, 0.4) is 0 Å². The molecule has 0 bridgehead atoms. The minimum Gasteiger partial charge on any atom is -0.496 e. The van der Waals surface area contributed by atoms with E-state index in [9.17, 15) is 9.59 Å². The maximum absolute atomic E-state index is 12.7. The molecule has 2 aromatic rings. The third-order valence-electron chi connectivity index (χ3n) is 5.41. The van der Waals surface area contributed by atoms with E-state index in [4.69, 9.17) is 14.2 Å². The number of hydrogen-bond acceptors (Lipinski definition) is 6. The molecule has 2 unspecified atom stereocenters. The Labute approximate surface area is 166 Å². The molecule has 0 saturated heterocycles. The number of carbonyl (C=O) groups is 2. The van der Waals surface area contributed by atoms with Gasteiger partial charge in [-0.05, 0) is 19.3 Å². The van der Waals surface area contributed by atoms with E-state index in [0.29, 0.717) is 16.3 Å². The average molecular weight is 402 g/mol. The Kier molecular flexibility index (Phi) is 4.97. The molecule has 1 aromatic heterocycles. The van der Waals surface area contributed by atoms with Crippen LogP contribution < -0.4 is 14.3 Å². The van der Waals surface area contributed by atoms with Crippen LogP contribution in [0.25, 0.3) is 10.2 Å². The molecule has 8 heteroatoms. The lowest BCUT2D eigenvalue weighted by molar-refractivity contribution is -0.130. The summed E-state index contributed by atoms with van der Waals surface area (Å²) in [5.74, 6) is 0.282. The molecule has 1 amide bonds. The fraction of sp³-hybridized carbons (Fsp3) is 0.450. The van der Waals surface area contributed by atoms with Crippen molar-refractivity contribution < 1.29 is 23.8 Å². The van der Waals surface area contributed by atoms with Crippen molar-refractivity contribution in [2.45, 2.75) is 31.8 Å². The predicted octanol–water partition coefficient (Wildman–Crippen LogP) is 2.73. The summed E-state index contributed by atoms with van der Waals surface area (Å²) in [4.78, 5) is 30.2. The Hall–Kier alpha value is -2.61. The number of rotatable bonds is 3. The van der Waals surface area contributed by atoms with Gasteiger partial charge in [0.2, 0.25) is 0 Å². The quantitative estimate of drug-likeness (QED) is 0.738. The van der Waals surface area contributed by atoms with Crippen LogP contribution in [-0.2, 0) is 21.4 Å². The summed E-state index contributed by atoms with van der Waals surface area (Å²) >= 11 is 1.35. The van der Waals surface area contributed by atoms with Crippen LogP contribution in [0, 0.1) is 5.92 Å². The number of ether oxygens (including phenoxy) is 3. The molecular formula is C20H22N2O5S. The third kappa shape index (κ3) is 3.11. The molecule has 2 heterocycles. The summed E-state index contributed by atoms with van der Waals surface area (Å²) < 4.78 is 19.1. The van der Waals surface area contributed by atoms with E-state index in [0.717, 1.165) is 35.9 Å². The summed E-state index contributed by atoms with van der Waals surface area (Å²) in [6.45, 7) is 0. The van der Waals surface area contributed by atoms with Crippen LogP contribution in [-0.4, -0.2) is 36.6 Å². The van der Waals surface area contributed by atoms with Gasteiger partial charge in [-0.25, -0.2) is 0 Å². The molecule has 7 nitrogen and oxygen atoms in total. The lowest BCUT2D eigenvalue weighted by Gasteiger charge is -2.33. The van der Waals surface area contributed by atoms with Crippen LogP contribution >= 0.6 is 11.3 Å². The minimum atomic E-state index is -0.560. The summed E-state index contributed by atoms with van der Waals surface area (Å²) in [6, 6.07) is 3.69. The second-order valence-corrected chi connectivity index (χ2v) is 8.01. The van der Waals surface area contributed by atoms with Gasteiger partial charge in [-0.15, -0.1) is 0 Å². The number of aryl methyl sites for hydroxylation is 1. The van der Waals surface area contributed by atoms with Crippen molar-refractivity contribution in [2.24, 2.45) is 18.0 Å². The first-order chi connectivity index (χ1) is 13.5. The SMILES string of the molecule is COc1cc2sc(=NC(=O)C3=COC4CCCCC4C3=O)n(C)c2cc1OC. The fourth-order valence-electron chi connectivity index (χ4n) is 3.84. The number of fused-ring (bicyclic) bond motifs is 2. The predicted molar refractivity (Wildman–Crippen MR) is 104 cm³/mol. The van der Waals surface area contributed by atoms with Gasteiger partial charge >= 0.3 is 0 Å². The van der Waals surface area contributed by atoms with Gasteiger partial charge in [0, 0.05) is 19.2 Å². The molecular weight excluding hydrogens is 380 g/mol. The van der Waals surface area contributed by atoms with E-state index >= 15 is 0 Å². The number of ketones is 1. The number of aromatic nitrogens is 1. The Morgan fingerprint density at radius 1 is 1.21 bits per heavy atom. The maximum atomic E-state index is 12.7. The molecule has 0 spiro atoms. The molecule has 4 rings (SSSR count). The van der Waals surface area contributed by atoms with Crippen molar-refractivity contribution in [1.29, 1.82) is 0 Å². The molecule has 1 aliphatic carbocycles. The van der Waals surface area contributed by atoms with Gasteiger partial charge < -0.3 is 18.8 Å². The largest absolute Gasteiger partial charge is 0.496 e. The number of Topliss-reactive ketones (excluding diaryl/α,β-unsaturated/α-hetero) is 1. The summed E-state index contributed by atoms with van der Waals surface area (Å²) in [5, 5.41) is 0. The number of nitrogens with zero attached hydrogens (tertiary/aromatic N) is 2. The van der Waals surface area contributed by atoms with E-state index in [1.54, 1.807) is 18.8 Å². The van der Waals surface area contributed by atoms with Crippen LogP contribution in [0.4, 0.5) is 0 Å². The van der Waals surface area contributed by atoms with Crippen molar-refractivity contribution >= 4 is 33.2 Å². The minimum absolute atomic E-state index is 0.0377. The van der Waals surface area contributed by atoms with Gasteiger partial charge in [0.1, 0.15) is 11.7 Å². The van der Waals surface area contributed by atoms with E-state index in [1.165, 1.54) is 17.6 Å². The van der Waals surface area contributed by atoms with E-state index in [1.807, 2.05) is 19.2 Å². The number of thiazole rings is 1. The second kappa shape index (κ2) is 7.43. The molecule has 2 aliphatic rings. The van der Waals surface area contributed by atoms with E-state index in [2.05, 4.69) is 4.99 Å². The molecule has 1 saturated carbocycles. The summed E-state index contributed by atoms with van der Waals surface area (Å²) in [7, 11) is 4.97. The van der Waals surface area contributed by atoms with E-state index in [-0.39, 0.29) is 23.4 Å². The maximum Gasteiger partial charge on any atom is 0.286 e. The second-order valence-electron chi connectivity index (χ2n) is 7.00. The zero-order valence-electron chi connectivity index (χ0n) is 16.1. The highest BCUT2D eigenvalue weighted by Gasteiger charge is 2.39. The molecule has 1 aromatic carbocycles. The highest BCUT2D eigenvalue weighted by Crippen LogP contribution is 2.34. The fourth-order valence-corrected chi connectivity index (χ4v) is 4.86. The summed E-state index contributed by atoms with van der Waals surface area (Å²) in [6.07, 6.45) is 4.88. The van der Waals surface area contributed by atoms with Crippen molar-refractivity contribution in [2.75, 3.05) is 14.2 Å². The lowest BCUT2D eigenvalue weighted by Crippen LogP contribution is -2.38. The molecule has 1 aliphatic heterocycles. The standard InChI is InChI=1S/C20H22N2O5S/c1-22-13-8-15(25-2)16(26-3)9-17(13)28-20(22)21-19(24)12-10-27-14-7-5-4-6-11(14)18(12)23/h8-11,14H,4-7H2,1-3H3. The van der Waals surface area contributed by atoms with Gasteiger partial charge in [0.15, 0.2) is 22.1 Å². The van der Waals surface area contributed by atoms with Gasteiger partial charge in [0.25, 0.3) is 5.91 Å². The van der Waals surface area contributed by atoms with Gasteiger partial charge in [-0.2, -0.15) is 4.99 Å². The zero-order valence-corrected chi connectivity index (χ0v) is 16.9. The van der Waals surface area contributed by atoms with Crippen molar-refractivity contribution in [3.05, 3.63) is 28.8 Å². The topological polar surface area (TPSA) is 79.1 Å².